The number of nitrogens with zero attached hydrogens (tertiary/aromatic N) is 5. The summed E-state index contributed by atoms with van der Waals surface area (Å²) in [4.78, 5) is 21.3. The number of hydrogen-bond acceptors (Lipinski definition) is 5. The molecule has 0 unspecified atom stereocenters. The predicted molar refractivity (Wildman–Crippen MR) is 257 cm³/mol. The van der Waals surface area contributed by atoms with Crippen molar-refractivity contribution < 1.29 is 0 Å². The van der Waals surface area contributed by atoms with Crippen LogP contribution < -0.4 is 0 Å². The van der Waals surface area contributed by atoms with Crippen LogP contribution in [-0.4, -0.2) is 24.5 Å². The van der Waals surface area contributed by atoms with Gasteiger partial charge >= 0.3 is 0 Å². The zero-order valence-corrected chi connectivity index (χ0v) is 34.2. The lowest BCUT2D eigenvalue weighted by atomic mass is 9.88. The Balaban J connectivity index is 1.20. The van der Waals surface area contributed by atoms with Crippen molar-refractivity contribution in [2.24, 2.45) is 0 Å². The molecule has 0 bridgehead atoms. The number of thiophene rings is 1. The van der Waals surface area contributed by atoms with Crippen LogP contribution in [0, 0.1) is 0 Å². The van der Waals surface area contributed by atoms with Crippen molar-refractivity contribution in [3.8, 4) is 73.4 Å². The molecule has 0 saturated heterocycles. The van der Waals surface area contributed by atoms with Crippen LogP contribution in [0.25, 0.3) is 115 Å². The van der Waals surface area contributed by atoms with Gasteiger partial charge in [0.1, 0.15) is 5.82 Å². The van der Waals surface area contributed by atoms with Crippen LogP contribution in [0.15, 0.2) is 212 Å². The van der Waals surface area contributed by atoms with Crippen LogP contribution in [0.2, 0.25) is 0 Å². The third-order valence-corrected chi connectivity index (χ3v) is 12.8. The number of benzene rings is 8. The van der Waals surface area contributed by atoms with Gasteiger partial charge in [0.05, 0.1) is 16.6 Å². The molecule has 0 aliphatic carbocycles. The fourth-order valence-corrected chi connectivity index (χ4v) is 9.99. The van der Waals surface area contributed by atoms with Gasteiger partial charge in [-0.1, -0.05) is 176 Å². The van der Waals surface area contributed by atoms with Gasteiger partial charge in [0.15, 0.2) is 17.5 Å². The molecule has 0 amide bonds. The molecule has 0 radical (unpaired) electrons. The Kier molecular flexibility index (Phi) is 8.61. The topological polar surface area (TPSA) is 56.5 Å². The molecule has 0 N–H and O–H groups in total. The molecular weight excluding hydrogens is 775 g/mol. The van der Waals surface area contributed by atoms with Crippen molar-refractivity contribution in [2.45, 2.75) is 0 Å². The highest BCUT2D eigenvalue weighted by molar-refractivity contribution is 7.25. The fourth-order valence-electron chi connectivity index (χ4n) is 8.86. The van der Waals surface area contributed by atoms with E-state index in [1.54, 1.807) is 0 Å². The molecule has 4 aromatic heterocycles. The summed E-state index contributed by atoms with van der Waals surface area (Å²) in [6, 6.07) is 72.3. The van der Waals surface area contributed by atoms with Gasteiger partial charge in [-0.15, -0.1) is 11.3 Å². The number of pyridine rings is 1. The lowest BCUT2D eigenvalue weighted by Crippen LogP contribution is -2.06. The molecule has 12 rings (SSSR count). The van der Waals surface area contributed by atoms with Crippen LogP contribution in [0.5, 0.6) is 0 Å². The van der Waals surface area contributed by atoms with Gasteiger partial charge in [0, 0.05) is 53.8 Å². The number of para-hydroxylation sites is 1. The summed E-state index contributed by atoms with van der Waals surface area (Å²) < 4.78 is 4.84. The van der Waals surface area contributed by atoms with Gasteiger partial charge in [0.25, 0.3) is 0 Å². The number of aromatic nitrogens is 5. The summed E-state index contributed by atoms with van der Waals surface area (Å²) in [5, 5.41) is 4.80. The molecule has 290 valence electrons. The predicted octanol–water partition coefficient (Wildman–Crippen LogP) is 14.7. The average Bonchev–Trinajstić information content (AvgIpc) is 3.88. The second kappa shape index (κ2) is 14.9. The molecule has 0 aliphatic rings. The largest absolute Gasteiger partial charge is 0.293 e. The normalized spacial score (nSPS) is 11.5. The highest BCUT2D eigenvalue weighted by Gasteiger charge is 2.24. The molecule has 5 nitrogen and oxygen atoms in total. The first-order chi connectivity index (χ1) is 30.7. The first kappa shape index (κ1) is 35.8. The Morgan fingerprint density at radius 3 is 1.50 bits per heavy atom. The van der Waals surface area contributed by atoms with Crippen molar-refractivity contribution in [2.75, 3.05) is 0 Å². The summed E-state index contributed by atoms with van der Waals surface area (Å²) in [6.07, 6.45) is 2.03. The monoisotopic (exact) mass is 809 g/mol. The average molecular weight is 810 g/mol. The van der Waals surface area contributed by atoms with Crippen LogP contribution in [-0.2, 0) is 0 Å². The van der Waals surface area contributed by atoms with Crippen molar-refractivity contribution in [1.82, 2.24) is 24.5 Å². The van der Waals surface area contributed by atoms with Gasteiger partial charge in [-0.25, -0.2) is 19.9 Å². The van der Waals surface area contributed by atoms with E-state index >= 15 is 0 Å². The quantitative estimate of drug-likeness (QED) is 0.161. The van der Waals surface area contributed by atoms with E-state index in [2.05, 4.69) is 174 Å². The Hall–Kier alpha value is -8.06. The van der Waals surface area contributed by atoms with Gasteiger partial charge in [-0.05, 0) is 58.1 Å². The van der Waals surface area contributed by atoms with Gasteiger partial charge in [-0.3, -0.25) is 4.57 Å². The van der Waals surface area contributed by atoms with Crippen molar-refractivity contribution in [1.29, 1.82) is 0 Å². The second-order valence-corrected chi connectivity index (χ2v) is 16.5. The first-order valence-electron chi connectivity index (χ1n) is 20.7. The van der Waals surface area contributed by atoms with Gasteiger partial charge in [-0.2, -0.15) is 0 Å². The fraction of sp³-hybridized carbons (Fsp3) is 0. The number of hydrogen-bond donors (Lipinski definition) is 0. The molecular formula is C56H35N5S. The standard InChI is InChI=1S/C56H35N5S/c1-5-18-36(19-6-1)41-28-17-29-42(37-20-7-2-8-21-37)52(41)40-32-47(55-59-53(38-22-9-3-10-23-38)58-54(60-55)39-24-11-4-12-25-39)56(57-35-40)61-48-30-15-13-26-43(48)45-34-51-46(33-49(45)61)44-27-14-16-31-50(44)62-51/h1-35H. The van der Waals surface area contributed by atoms with Crippen molar-refractivity contribution in [3.05, 3.63) is 212 Å². The summed E-state index contributed by atoms with van der Waals surface area (Å²) in [5.74, 6) is 2.46. The molecule has 12 aromatic rings. The van der Waals surface area contributed by atoms with Crippen LogP contribution >= 0.6 is 11.3 Å². The molecule has 0 atom stereocenters. The lowest BCUT2D eigenvalue weighted by Gasteiger charge is -2.19. The SMILES string of the molecule is c1ccc(-c2nc(-c3ccccc3)nc(-c3cc(-c4c(-c5ccccc5)cccc4-c4ccccc4)cnc3-n3c4ccccc4c4cc5sc6ccccc6c5cc43)n2)cc1. The zero-order chi connectivity index (χ0) is 41.0. The summed E-state index contributed by atoms with van der Waals surface area (Å²) in [7, 11) is 0. The molecule has 8 aromatic carbocycles. The molecule has 0 saturated carbocycles. The Morgan fingerprint density at radius 2 is 0.871 bits per heavy atom. The van der Waals surface area contributed by atoms with E-state index in [9.17, 15) is 0 Å². The van der Waals surface area contributed by atoms with E-state index in [1.807, 2.05) is 53.9 Å². The van der Waals surface area contributed by atoms with E-state index < -0.39 is 0 Å². The minimum absolute atomic E-state index is 0.536. The van der Waals surface area contributed by atoms with Crippen LogP contribution in [0.1, 0.15) is 0 Å². The minimum atomic E-state index is 0.536. The van der Waals surface area contributed by atoms with E-state index in [4.69, 9.17) is 19.9 Å². The Labute approximate surface area is 361 Å². The van der Waals surface area contributed by atoms with E-state index in [-0.39, 0.29) is 0 Å². The summed E-state index contributed by atoms with van der Waals surface area (Å²) >= 11 is 1.84. The first-order valence-corrected chi connectivity index (χ1v) is 21.5. The van der Waals surface area contributed by atoms with E-state index in [0.717, 1.165) is 72.3 Å². The smallest absolute Gasteiger partial charge is 0.167 e. The number of fused-ring (bicyclic) bond motifs is 6. The maximum absolute atomic E-state index is 5.54. The third-order valence-electron chi connectivity index (χ3n) is 11.7. The van der Waals surface area contributed by atoms with Gasteiger partial charge < -0.3 is 0 Å². The van der Waals surface area contributed by atoms with Crippen molar-refractivity contribution >= 4 is 53.3 Å². The van der Waals surface area contributed by atoms with Crippen molar-refractivity contribution in [3.63, 3.8) is 0 Å². The molecule has 0 aliphatic heterocycles. The maximum Gasteiger partial charge on any atom is 0.167 e. The Morgan fingerprint density at radius 1 is 0.339 bits per heavy atom. The summed E-state index contributed by atoms with van der Waals surface area (Å²) in [6.45, 7) is 0. The maximum atomic E-state index is 5.54. The molecule has 0 fully saturated rings. The van der Waals surface area contributed by atoms with Gasteiger partial charge in [0.2, 0.25) is 0 Å². The third kappa shape index (κ3) is 6.08. The highest BCUT2D eigenvalue weighted by Crippen LogP contribution is 2.45. The molecule has 62 heavy (non-hydrogen) atoms. The zero-order valence-electron chi connectivity index (χ0n) is 33.4. The number of rotatable bonds is 7. The summed E-state index contributed by atoms with van der Waals surface area (Å²) in [5.41, 5.74) is 11.2. The van der Waals surface area contributed by atoms with E-state index in [1.165, 1.54) is 25.6 Å². The molecule has 6 heteroatoms. The lowest BCUT2D eigenvalue weighted by molar-refractivity contribution is 1.04. The highest BCUT2D eigenvalue weighted by atomic mass is 32.1. The minimum Gasteiger partial charge on any atom is -0.293 e. The second-order valence-electron chi connectivity index (χ2n) is 15.4. The molecule has 0 spiro atoms. The van der Waals surface area contributed by atoms with E-state index in [0.29, 0.717) is 17.5 Å². The van der Waals surface area contributed by atoms with Crippen LogP contribution in [0.3, 0.4) is 0 Å². The Bertz CT molecular complexity index is 3500. The molecule has 4 heterocycles. The van der Waals surface area contributed by atoms with Crippen LogP contribution in [0.4, 0.5) is 0 Å².